The Hall–Kier alpha value is -2.80. The van der Waals surface area contributed by atoms with Crippen LogP contribution in [0, 0.1) is 60.4 Å². The van der Waals surface area contributed by atoms with Crippen LogP contribution in [0.5, 0.6) is 5.75 Å². The molecule has 4 nitrogen and oxygen atoms in total. The van der Waals surface area contributed by atoms with Crippen LogP contribution in [-0.2, 0) is 19.3 Å². The van der Waals surface area contributed by atoms with Crippen molar-refractivity contribution in [2.24, 2.45) is 65.9 Å². The van der Waals surface area contributed by atoms with Gasteiger partial charge in [-0.05, 0) is 109 Å². The second-order valence-corrected chi connectivity index (χ2v) is 24.1. The highest BCUT2D eigenvalue weighted by atomic mass is 19.2. The molecule has 0 bridgehead atoms. The van der Waals surface area contributed by atoms with Gasteiger partial charge in [-0.15, -0.1) is 0 Å². The van der Waals surface area contributed by atoms with Crippen LogP contribution in [0.1, 0.15) is 176 Å². The Morgan fingerprint density at radius 3 is 1.16 bits per heavy atom. The lowest BCUT2D eigenvalue weighted by molar-refractivity contribution is -0.0461. The van der Waals surface area contributed by atoms with Gasteiger partial charge in [0, 0.05) is 34.4 Å². The summed E-state index contributed by atoms with van der Waals surface area (Å²) in [7, 11) is 1.71. The maximum atomic E-state index is 13.6. The molecule has 3 aliphatic carbocycles. The molecule has 58 heavy (non-hydrogen) atoms. The van der Waals surface area contributed by atoms with E-state index in [9.17, 15) is 8.78 Å². The van der Waals surface area contributed by atoms with E-state index < -0.39 is 11.6 Å². The molecular weight excluding hydrogens is 721 g/mol. The third-order valence-corrected chi connectivity index (χ3v) is 15.6. The van der Waals surface area contributed by atoms with Crippen molar-refractivity contribution in [3.05, 3.63) is 99.6 Å². The third kappa shape index (κ3) is 7.59. The van der Waals surface area contributed by atoms with Gasteiger partial charge in [-0.1, -0.05) is 155 Å². The molecule has 0 fully saturated rings. The van der Waals surface area contributed by atoms with Crippen molar-refractivity contribution in [3.63, 3.8) is 0 Å². The molecule has 3 aromatic carbocycles. The summed E-state index contributed by atoms with van der Waals surface area (Å²) in [5.74, 6) is -0.690. The van der Waals surface area contributed by atoms with Gasteiger partial charge in [0.25, 0.3) is 0 Å². The van der Waals surface area contributed by atoms with Gasteiger partial charge < -0.3 is 21.9 Å². The molecule has 0 saturated carbocycles. The number of benzene rings is 3. The van der Waals surface area contributed by atoms with E-state index in [1.165, 1.54) is 34.4 Å². The Kier molecular flexibility index (Phi) is 12.6. The third-order valence-electron chi connectivity index (χ3n) is 15.6. The Bertz CT molecular complexity index is 1900. The van der Waals surface area contributed by atoms with Crippen LogP contribution in [0.25, 0.3) is 0 Å². The lowest BCUT2D eigenvalue weighted by atomic mass is 9.51. The molecular formula is C52H81F2N3O. The lowest BCUT2D eigenvalue weighted by Crippen LogP contribution is -2.51. The summed E-state index contributed by atoms with van der Waals surface area (Å²) < 4.78 is 32.5. The molecule has 0 amide bonds. The number of rotatable bonds is 1. The van der Waals surface area contributed by atoms with Gasteiger partial charge in [-0.2, -0.15) is 0 Å². The molecule has 0 spiro atoms. The molecule has 6 heteroatoms. The standard InChI is InChI=1S/C18H29NO.C17H25F2N.C17H27N/c1-16(2,3)18(17(4,5)6)11-12-8-9-13(20-7)10-14(12)15(18)19;1-15(2,3)17(16(4,5)6)9-10-7-12(18)13(19)8-11(10)14(17)20;1-15(2,3)17(16(4,5)6)11-12-9-7-8-10-13(12)14(17)18/h8-10,15H,11,19H2,1-7H3;7-8,14H,9,20H2,1-6H3;7-10,14H,11,18H2,1-6H3/t15-;2*14-/m111/s1. The first-order chi connectivity index (χ1) is 26.1. The van der Waals surface area contributed by atoms with Crippen molar-refractivity contribution >= 4 is 0 Å². The molecule has 0 saturated heterocycles. The first-order valence-electron chi connectivity index (χ1n) is 21.6. The van der Waals surface area contributed by atoms with Crippen LogP contribution < -0.4 is 21.9 Å². The minimum absolute atomic E-state index is 0.0487. The number of hydrogen-bond donors (Lipinski definition) is 3. The minimum Gasteiger partial charge on any atom is -0.497 e. The van der Waals surface area contributed by atoms with Gasteiger partial charge in [0.15, 0.2) is 11.6 Å². The van der Waals surface area contributed by atoms with E-state index in [0.29, 0.717) is 6.42 Å². The van der Waals surface area contributed by atoms with Gasteiger partial charge in [-0.25, -0.2) is 8.78 Å². The van der Waals surface area contributed by atoms with E-state index in [0.717, 1.165) is 29.7 Å². The zero-order valence-electron chi connectivity index (χ0n) is 39.9. The van der Waals surface area contributed by atoms with E-state index in [-0.39, 0.29) is 66.9 Å². The quantitative estimate of drug-likeness (QED) is 0.229. The van der Waals surface area contributed by atoms with E-state index in [4.69, 9.17) is 21.9 Å². The lowest BCUT2D eigenvalue weighted by Gasteiger charge is -2.54. The second kappa shape index (κ2) is 15.3. The van der Waals surface area contributed by atoms with E-state index in [2.05, 4.69) is 161 Å². The summed E-state index contributed by atoms with van der Waals surface area (Å²) in [6.45, 7) is 40.9. The molecule has 3 aliphatic rings. The van der Waals surface area contributed by atoms with Crippen LogP contribution in [0.15, 0.2) is 54.6 Å². The number of halogens is 2. The Labute approximate surface area is 352 Å². The summed E-state index contributed by atoms with van der Waals surface area (Å²) in [5.41, 5.74) is 27.4. The molecule has 0 heterocycles. The number of ether oxygens (including phenoxy) is 1. The maximum absolute atomic E-state index is 13.6. The SMILES string of the molecule is CC(C)(C)C1(C(C)(C)C)Cc2cc(F)c(F)cc2[C@H]1N.CC(C)(C)C1(C(C)(C)C)Cc2ccccc2[C@H]1N.COc1ccc2c(c1)[C@@H](N)C(C(C)(C)C)(C(C)(C)C)C2. The molecule has 3 atom stereocenters. The first kappa shape index (κ1) is 47.9. The summed E-state index contributed by atoms with van der Waals surface area (Å²) in [6.07, 6.45) is 2.82. The van der Waals surface area contributed by atoms with Crippen LogP contribution in [0.4, 0.5) is 8.78 Å². The van der Waals surface area contributed by atoms with Crippen LogP contribution in [0.2, 0.25) is 0 Å². The Morgan fingerprint density at radius 2 is 0.776 bits per heavy atom. The van der Waals surface area contributed by atoms with Crippen molar-refractivity contribution in [2.45, 2.75) is 162 Å². The number of methoxy groups -OCH3 is 1. The number of nitrogens with two attached hydrogens (primary N) is 3. The average molecular weight is 802 g/mol. The maximum Gasteiger partial charge on any atom is 0.159 e. The molecule has 0 aromatic heterocycles. The predicted molar refractivity (Wildman–Crippen MR) is 242 cm³/mol. The molecule has 3 aromatic rings. The zero-order chi connectivity index (χ0) is 44.6. The van der Waals surface area contributed by atoms with Gasteiger partial charge in [0.1, 0.15) is 5.75 Å². The molecule has 6 N–H and O–H groups in total. The molecule has 0 aliphatic heterocycles. The van der Waals surface area contributed by atoms with E-state index in [1.54, 1.807) is 7.11 Å². The van der Waals surface area contributed by atoms with Crippen molar-refractivity contribution in [2.75, 3.05) is 7.11 Å². The first-order valence-corrected chi connectivity index (χ1v) is 21.6. The molecule has 324 valence electrons. The fourth-order valence-electron chi connectivity index (χ4n) is 13.0. The molecule has 6 rings (SSSR count). The fraction of sp³-hybridized carbons (Fsp3) is 0.654. The highest BCUT2D eigenvalue weighted by molar-refractivity contribution is 5.45. The molecule has 0 radical (unpaired) electrons. The highest BCUT2D eigenvalue weighted by Gasteiger charge is 2.60. The molecule has 0 unspecified atom stereocenters. The summed E-state index contributed by atoms with van der Waals surface area (Å²) in [5, 5.41) is 0. The monoisotopic (exact) mass is 802 g/mol. The zero-order valence-corrected chi connectivity index (χ0v) is 39.9. The highest BCUT2D eigenvalue weighted by Crippen LogP contribution is 2.66. The van der Waals surface area contributed by atoms with Crippen molar-refractivity contribution in [1.29, 1.82) is 0 Å². The van der Waals surface area contributed by atoms with Crippen molar-refractivity contribution < 1.29 is 13.5 Å². The summed E-state index contributed by atoms with van der Waals surface area (Å²) in [6, 6.07) is 17.6. The predicted octanol–water partition coefficient (Wildman–Crippen LogP) is 13.3. The second-order valence-electron chi connectivity index (χ2n) is 24.1. The smallest absolute Gasteiger partial charge is 0.159 e. The Balaban J connectivity index is 0.000000193. The largest absolute Gasteiger partial charge is 0.497 e. The number of fused-ring (bicyclic) bond motifs is 3. The van der Waals surface area contributed by atoms with Gasteiger partial charge in [0.2, 0.25) is 0 Å². The fourth-order valence-corrected chi connectivity index (χ4v) is 13.0. The van der Waals surface area contributed by atoms with Gasteiger partial charge in [-0.3, -0.25) is 0 Å². The summed E-state index contributed by atoms with van der Waals surface area (Å²) in [4.78, 5) is 0. The van der Waals surface area contributed by atoms with Crippen LogP contribution >= 0.6 is 0 Å². The summed E-state index contributed by atoms with van der Waals surface area (Å²) >= 11 is 0. The van der Waals surface area contributed by atoms with Gasteiger partial charge >= 0.3 is 0 Å². The topological polar surface area (TPSA) is 87.3 Å². The van der Waals surface area contributed by atoms with Crippen LogP contribution in [-0.4, -0.2) is 7.11 Å². The van der Waals surface area contributed by atoms with E-state index in [1.807, 2.05) is 6.07 Å². The van der Waals surface area contributed by atoms with E-state index >= 15 is 0 Å². The average Bonchev–Trinajstić information content (AvgIpc) is 3.67. The van der Waals surface area contributed by atoms with Crippen LogP contribution in [0.3, 0.4) is 0 Å². The Morgan fingerprint density at radius 1 is 0.448 bits per heavy atom. The normalized spacial score (nSPS) is 22.2. The van der Waals surface area contributed by atoms with Crippen molar-refractivity contribution in [1.82, 2.24) is 0 Å². The number of hydrogen-bond acceptors (Lipinski definition) is 4. The van der Waals surface area contributed by atoms with Crippen molar-refractivity contribution in [3.8, 4) is 5.75 Å². The minimum atomic E-state index is -0.808. The van der Waals surface area contributed by atoms with Gasteiger partial charge in [0.05, 0.1) is 7.11 Å².